The first-order valence-electron chi connectivity index (χ1n) is 5.66. The zero-order valence-corrected chi connectivity index (χ0v) is 10.2. The molecular weight excluding hydrogens is 240 g/mol. The second-order valence-electron chi connectivity index (χ2n) is 4.21. The average Bonchev–Trinajstić information content (AvgIpc) is 2.32. The summed E-state index contributed by atoms with van der Waals surface area (Å²) >= 11 is 5.67. The molecule has 2 N–H and O–H groups in total. The number of primary amides is 1. The molecule has 1 aromatic rings. The molecule has 0 radical (unpaired) electrons. The van der Waals surface area contributed by atoms with Crippen molar-refractivity contribution in [2.75, 3.05) is 6.54 Å². The van der Waals surface area contributed by atoms with Crippen molar-refractivity contribution in [3.05, 3.63) is 23.2 Å². The number of likely N-dealkylation sites (tertiary alicyclic amines) is 1. The van der Waals surface area contributed by atoms with E-state index >= 15 is 0 Å². The summed E-state index contributed by atoms with van der Waals surface area (Å²) in [6.45, 7) is 1.47. The van der Waals surface area contributed by atoms with Crippen molar-refractivity contribution in [1.82, 2.24) is 14.9 Å². The molecule has 1 unspecified atom stereocenters. The number of hydrogen-bond acceptors (Lipinski definition) is 4. The molecule has 5 nitrogen and oxygen atoms in total. The van der Waals surface area contributed by atoms with Crippen molar-refractivity contribution in [3.63, 3.8) is 0 Å². The minimum atomic E-state index is -0.258. The van der Waals surface area contributed by atoms with Crippen LogP contribution in [0.3, 0.4) is 0 Å². The number of amides is 1. The molecule has 0 spiro atoms. The van der Waals surface area contributed by atoms with Gasteiger partial charge in [0.05, 0.1) is 24.1 Å². The Morgan fingerprint density at radius 1 is 1.47 bits per heavy atom. The van der Waals surface area contributed by atoms with Crippen molar-refractivity contribution < 1.29 is 4.79 Å². The fourth-order valence-corrected chi connectivity index (χ4v) is 2.23. The topological polar surface area (TPSA) is 72.1 Å². The molecule has 1 aliphatic rings. The lowest BCUT2D eigenvalue weighted by molar-refractivity contribution is -0.124. The van der Waals surface area contributed by atoms with Gasteiger partial charge in [0.2, 0.25) is 5.91 Å². The third-order valence-corrected chi connectivity index (χ3v) is 3.18. The molecule has 0 bridgehead atoms. The molecule has 0 aliphatic carbocycles. The minimum Gasteiger partial charge on any atom is -0.368 e. The summed E-state index contributed by atoms with van der Waals surface area (Å²) in [5.74, 6) is -0.258. The first-order chi connectivity index (χ1) is 8.16. The number of carbonyl (C=O) groups is 1. The van der Waals surface area contributed by atoms with E-state index in [0.29, 0.717) is 11.7 Å². The van der Waals surface area contributed by atoms with Gasteiger partial charge in [-0.2, -0.15) is 0 Å². The van der Waals surface area contributed by atoms with Crippen LogP contribution in [0.15, 0.2) is 12.4 Å². The van der Waals surface area contributed by atoms with Gasteiger partial charge in [-0.1, -0.05) is 18.0 Å². The van der Waals surface area contributed by atoms with Crippen molar-refractivity contribution >= 4 is 17.5 Å². The predicted molar refractivity (Wildman–Crippen MR) is 64.3 cm³/mol. The van der Waals surface area contributed by atoms with Crippen LogP contribution in [0.5, 0.6) is 0 Å². The van der Waals surface area contributed by atoms with Gasteiger partial charge in [-0.15, -0.1) is 0 Å². The Kier molecular flexibility index (Phi) is 3.91. The van der Waals surface area contributed by atoms with E-state index in [2.05, 4.69) is 14.9 Å². The highest BCUT2D eigenvalue weighted by Crippen LogP contribution is 2.18. The molecule has 17 heavy (non-hydrogen) atoms. The number of nitrogens with two attached hydrogens (primary N) is 1. The van der Waals surface area contributed by atoms with E-state index in [1.165, 1.54) is 6.20 Å². The lowest BCUT2D eigenvalue weighted by atomic mass is 10.0. The molecular formula is C11H15ClN4O. The molecule has 0 aromatic carbocycles. The largest absolute Gasteiger partial charge is 0.368 e. The van der Waals surface area contributed by atoms with Gasteiger partial charge in [-0.05, 0) is 19.4 Å². The SMILES string of the molecule is NC(=O)C1CCCCN1Cc1cnc(Cl)cn1. The van der Waals surface area contributed by atoms with Gasteiger partial charge in [-0.3, -0.25) is 14.7 Å². The lowest BCUT2D eigenvalue weighted by Gasteiger charge is -2.33. The third kappa shape index (κ3) is 3.14. The molecule has 1 saturated heterocycles. The van der Waals surface area contributed by atoms with Crippen LogP contribution in [-0.2, 0) is 11.3 Å². The van der Waals surface area contributed by atoms with E-state index in [0.717, 1.165) is 31.5 Å². The number of aromatic nitrogens is 2. The summed E-state index contributed by atoms with van der Waals surface area (Å²) in [6, 6.07) is -0.179. The molecule has 1 aromatic heterocycles. The van der Waals surface area contributed by atoms with Crippen molar-refractivity contribution in [3.8, 4) is 0 Å². The maximum atomic E-state index is 11.3. The van der Waals surface area contributed by atoms with Crippen molar-refractivity contribution in [2.45, 2.75) is 31.8 Å². The van der Waals surface area contributed by atoms with Gasteiger partial charge < -0.3 is 5.73 Å². The van der Waals surface area contributed by atoms with E-state index in [1.54, 1.807) is 6.20 Å². The summed E-state index contributed by atoms with van der Waals surface area (Å²) in [7, 11) is 0. The first kappa shape index (κ1) is 12.3. The van der Waals surface area contributed by atoms with Gasteiger partial charge in [0.1, 0.15) is 5.15 Å². The summed E-state index contributed by atoms with van der Waals surface area (Å²) in [5, 5.41) is 0.374. The zero-order valence-electron chi connectivity index (χ0n) is 9.47. The average molecular weight is 255 g/mol. The summed E-state index contributed by atoms with van der Waals surface area (Å²) in [6.07, 6.45) is 6.12. The van der Waals surface area contributed by atoms with Crippen LogP contribution >= 0.6 is 11.6 Å². The van der Waals surface area contributed by atoms with Gasteiger partial charge in [0, 0.05) is 6.54 Å². The van der Waals surface area contributed by atoms with E-state index in [4.69, 9.17) is 17.3 Å². The molecule has 2 rings (SSSR count). The quantitative estimate of drug-likeness (QED) is 0.873. The van der Waals surface area contributed by atoms with E-state index < -0.39 is 0 Å². The molecule has 1 fully saturated rings. The standard InChI is InChI=1S/C11H15ClN4O/c12-10-6-14-8(5-15-10)7-16-4-2-1-3-9(16)11(13)17/h5-6,9H,1-4,7H2,(H2,13,17). The van der Waals surface area contributed by atoms with Gasteiger partial charge in [-0.25, -0.2) is 4.98 Å². The first-order valence-corrected chi connectivity index (χ1v) is 6.04. The second kappa shape index (κ2) is 5.42. The van der Waals surface area contributed by atoms with E-state index in [-0.39, 0.29) is 11.9 Å². The molecule has 2 heterocycles. The van der Waals surface area contributed by atoms with Gasteiger partial charge in [0.25, 0.3) is 0 Å². The number of nitrogens with zero attached hydrogens (tertiary/aromatic N) is 3. The molecule has 0 saturated carbocycles. The summed E-state index contributed by atoms with van der Waals surface area (Å²) in [4.78, 5) is 21.5. The van der Waals surface area contributed by atoms with Crippen LogP contribution in [0.2, 0.25) is 5.15 Å². The van der Waals surface area contributed by atoms with Crippen LogP contribution in [0.4, 0.5) is 0 Å². The maximum absolute atomic E-state index is 11.3. The summed E-state index contributed by atoms with van der Waals surface area (Å²) in [5.41, 5.74) is 6.21. The Bertz CT molecular complexity index is 395. The Morgan fingerprint density at radius 2 is 2.29 bits per heavy atom. The van der Waals surface area contributed by atoms with Crippen LogP contribution in [0.1, 0.15) is 25.0 Å². The molecule has 6 heteroatoms. The Balaban J connectivity index is 2.05. The molecule has 1 atom stereocenters. The van der Waals surface area contributed by atoms with Crippen LogP contribution in [0.25, 0.3) is 0 Å². The summed E-state index contributed by atoms with van der Waals surface area (Å²) < 4.78 is 0. The zero-order chi connectivity index (χ0) is 12.3. The van der Waals surface area contributed by atoms with Gasteiger partial charge in [0.15, 0.2) is 0 Å². The van der Waals surface area contributed by atoms with Crippen molar-refractivity contribution in [2.24, 2.45) is 5.73 Å². The molecule has 1 amide bonds. The normalized spacial score (nSPS) is 21.4. The van der Waals surface area contributed by atoms with Crippen LogP contribution in [-0.4, -0.2) is 33.4 Å². The Morgan fingerprint density at radius 3 is 2.94 bits per heavy atom. The lowest BCUT2D eigenvalue weighted by Crippen LogP contribution is -2.47. The number of carbonyl (C=O) groups excluding carboxylic acids is 1. The highest BCUT2D eigenvalue weighted by atomic mass is 35.5. The third-order valence-electron chi connectivity index (χ3n) is 2.98. The fourth-order valence-electron chi connectivity index (χ4n) is 2.13. The van der Waals surface area contributed by atoms with E-state index in [9.17, 15) is 4.79 Å². The maximum Gasteiger partial charge on any atom is 0.234 e. The van der Waals surface area contributed by atoms with Crippen LogP contribution < -0.4 is 5.73 Å². The number of halogens is 1. The molecule has 92 valence electrons. The predicted octanol–water partition coefficient (Wildman–Crippen LogP) is 0.970. The fraction of sp³-hybridized carbons (Fsp3) is 0.545. The number of piperidine rings is 1. The second-order valence-corrected chi connectivity index (χ2v) is 4.60. The minimum absolute atomic E-state index is 0.179. The molecule has 1 aliphatic heterocycles. The number of rotatable bonds is 3. The van der Waals surface area contributed by atoms with Crippen molar-refractivity contribution in [1.29, 1.82) is 0 Å². The highest BCUT2D eigenvalue weighted by Gasteiger charge is 2.26. The van der Waals surface area contributed by atoms with Crippen LogP contribution in [0, 0.1) is 0 Å². The Labute approximate surface area is 105 Å². The Hall–Kier alpha value is -1.20. The highest BCUT2D eigenvalue weighted by molar-refractivity contribution is 6.29. The monoisotopic (exact) mass is 254 g/mol. The number of hydrogen-bond donors (Lipinski definition) is 1. The smallest absolute Gasteiger partial charge is 0.234 e. The van der Waals surface area contributed by atoms with E-state index in [1.807, 2.05) is 0 Å². The van der Waals surface area contributed by atoms with Gasteiger partial charge >= 0.3 is 0 Å².